The molecule has 0 spiro atoms. The monoisotopic (exact) mass is 378 g/mol. The summed E-state index contributed by atoms with van der Waals surface area (Å²) in [6, 6.07) is 6.03. The van der Waals surface area contributed by atoms with Gasteiger partial charge in [0.2, 0.25) is 5.91 Å². The van der Waals surface area contributed by atoms with Gasteiger partial charge in [-0.05, 0) is 34.5 Å². The maximum Gasteiger partial charge on any atom is 0.230 e. The Morgan fingerprint density at radius 1 is 1.50 bits per heavy atom. The van der Waals surface area contributed by atoms with E-state index in [9.17, 15) is 4.79 Å². The van der Waals surface area contributed by atoms with Crippen LogP contribution in [0.15, 0.2) is 35.1 Å². The molecule has 7 heteroatoms. The molecular weight excluding hydrogens is 364 g/mol. The summed E-state index contributed by atoms with van der Waals surface area (Å²) in [5, 5.41) is 7.71. The number of hydrogen-bond donors (Lipinski definition) is 1. The van der Waals surface area contributed by atoms with Crippen molar-refractivity contribution in [3.8, 4) is 0 Å². The summed E-state index contributed by atoms with van der Waals surface area (Å²) in [5.41, 5.74) is 2.06. The summed E-state index contributed by atoms with van der Waals surface area (Å²) < 4.78 is 3.73. The number of nitrogens with zero attached hydrogens (tertiary/aromatic N) is 3. The molecule has 2 heterocycles. The first-order chi connectivity index (χ1) is 10.5. The van der Waals surface area contributed by atoms with E-state index in [4.69, 9.17) is 0 Å². The minimum atomic E-state index is -0.195. The lowest BCUT2D eigenvalue weighted by Crippen LogP contribution is -2.24. The quantitative estimate of drug-likeness (QED) is 0.749. The van der Waals surface area contributed by atoms with Crippen LogP contribution in [-0.4, -0.2) is 20.7 Å². The van der Waals surface area contributed by atoms with Crippen LogP contribution in [0.2, 0.25) is 0 Å². The van der Waals surface area contributed by atoms with Crippen molar-refractivity contribution >= 4 is 48.5 Å². The molecule has 0 aliphatic rings. The third kappa shape index (κ3) is 3.20. The second-order valence-electron chi connectivity index (χ2n) is 5.21. The van der Waals surface area contributed by atoms with Gasteiger partial charge in [-0.3, -0.25) is 9.48 Å². The summed E-state index contributed by atoms with van der Waals surface area (Å²) in [7, 11) is 0. The number of rotatable bonds is 4. The number of thiazole rings is 1. The fourth-order valence-corrected chi connectivity index (χ4v) is 3.44. The van der Waals surface area contributed by atoms with E-state index in [0.717, 1.165) is 20.3 Å². The van der Waals surface area contributed by atoms with E-state index in [2.05, 4.69) is 31.3 Å². The molecule has 114 valence electrons. The number of nitrogens with one attached hydrogen (secondary N) is 1. The number of hydrogen-bond acceptors (Lipinski definition) is 4. The predicted octanol–water partition coefficient (Wildman–Crippen LogP) is 3.84. The van der Waals surface area contributed by atoms with E-state index in [-0.39, 0.29) is 11.8 Å². The second kappa shape index (κ2) is 6.18. The zero-order chi connectivity index (χ0) is 15.7. The Kier molecular flexibility index (Phi) is 4.26. The first-order valence-electron chi connectivity index (χ1n) is 6.88. The third-order valence-corrected chi connectivity index (χ3v) is 4.71. The number of para-hydroxylation sites is 1. The minimum Gasteiger partial charge on any atom is -0.302 e. The number of benzene rings is 1. The number of amides is 1. The lowest BCUT2D eigenvalue weighted by molar-refractivity contribution is -0.119. The van der Waals surface area contributed by atoms with Gasteiger partial charge in [0.1, 0.15) is 0 Å². The van der Waals surface area contributed by atoms with E-state index in [1.165, 1.54) is 11.3 Å². The van der Waals surface area contributed by atoms with Gasteiger partial charge in [-0.15, -0.1) is 0 Å². The Bertz CT molecular complexity index is 826. The van der Waals surface area contributed by atoms with E-state index < -0.39 is 0 Å². The fraction of sp³-hybridized carbons (Fsp3) is 0.267. The van der Waals surface area contributed by atoms with Crippen LogP contribution in [0.25, 0.3) is 10.2 Å². The van der Waals surface area contributed by atoms with Gasteiger partial charge in [0.25, 0.3) is 0 Å². The molecule has 1 atom stereocenters. The van der Waals surface area contributed by atoms with Crippen molar-refractivity contribution < 1.29 is 4.79 Å². The van der Waals surface area contributed by atoms with Crippen LogP contribution in [0, 0.1) is 12.8 Å². The molecule has 0 saturated heterocycles. The summed E-state index contributed by atoms with van der Waals surface area (Å²) in [5.74, 6) is -0.247. The lowest BCUT2D eigenvalue weighted by Gasteiger charge is -2.10. The summed E-state index contributed by atoms with van der Waals surface area (Å²) >= 11 is 4.84. The van der Waals surface area contributed by atoms with Gasteiger partial charge in [-0.1, -0.05) is 30.4 Å². The van der Waals surface area contributed by atoms with Crippen molar-refractivity contribution in [2.45, 2.75) is 20.4 Å². The topological polar surface area (TPSA) is 59.8 Å². The molecule has 2 aromatic heterocycles. The van der Waals surface area contributed by atoms with Crippen molar-refractivity contribution in [3.63, 3.8) is 0 Å². The highest BCUT2D eigenvalue weighted by atomic mass is 79.9. The number of halogens is 1. The Morgan fingerprint density at radius 2 is 2.32 bits per heavy atom. The average Bonchev–Trinajstić information content (AvgIpc) is 3.05. The van der Waals surface area contributed by atoms with E-state index >= 15 is 0 Å². The highest BCUT2D eigenvalue weighted by Crippen LogP contribution is 2.28. The first kappa shape index (κ1) is 15.2. The molecule has 0 bridgehead atoms. The maximum absolute atomic E-state index is 12.3. The van der Waals surface area contributed by atoms with Crippen LogP contribution in [0.1, 0.15) is 12.5 Å². The van der Waals surface area contributed by atoms with Crippen molar-refractivity contribution in [1.82, 2.24) is 14.8 Å². The molecule has 3 aromatic rings. The normalized spacial score (nSPS) is 12.5. The van der Waals surface area contributed by atoms with Crippen LogP contribution in [0.3, 0.4) is 0 Å². The molecule has 5 nitrogen and oxygen atoms in total. The summed E-state index contributed by atoms with van der Waals surface area (Å²) in [6.45, 7) is 4.43. The molecule has 0 aliphatic carbocycles. The molecule has 1 aromatic carbocycles. The molecule has 0 aliphatic heterocycles. The number of aryl methyl sites for hydroxylation is 1. The SMILES string of the molecule is Cc1cccc2sc(NC(=O)[C@@H](C)Cn3cc(Br)cn3)nc12. The molecule has 1 N–H and O–H groups in total. The van der Waals surface area contributed by atoms with E-state index in [0.29, 0.717) is 11.7 Å². The number of carbonyl (C=O) groups is 1. The van der Waals surface area contributed by atoms with Crippen molar-refractivity contribution in [1.29, 1.82) is 0 Å². The Labute approximate surface area is 140 Å². The van der Waals surface area contributed by atoms with Gasteiger partial charge in [-0.2, -0.15) is 5.10 Å². The highest BCUT2D eigenvalue weighted by molar-refractivity contribution is 9.10. The minimum absolute atomic E-state index is 0.0525. The number of carbonyl (C=O) groups excluding carboxylic acids is 1. The number of anilines is 1. The second-order valence-corrected chi connectivity index (χ2v) is 7.16. The van der Waals surface area contributed by atoms with Crippen LogP contribution in [0.5, 0.6) is 0 Å². The van der Waals surface area contributed by atoms with Crippen LogP contribution < -0.4 is 5.32 Å². The zero-order valence-electron chi connectivity index (χ0n) is 12.2. The largest absolute Gasteiger partial charge is 0.302 e. The van der Waals surface area contributed by atoms with Gasteiger partial charge in [-0.25, -0.2) is 4.98 Å². The highest BCUT2D eigenvalue weighted by Gasteiger charge is 2.16. The van der Waals surface area contributed by atoms with Crippen molar-refractivity contribution in [3.05, 3.63) is 40.6 Å². The summed E-state index contributed by atoms with van der Waals surface area (Å²) in [4.78, 5) is 16.8. The summed E-state index contributed by atoms with van der Waals surface area (Å²) in [6.07, 6.45) is 3.56. The lowest BCUT2D eigenvalue weighted by atomic mass is 10.1. The van der Waals surface area contributed by atoms with Crippen LogP contribution in [0.4, 0.5) is 5.13 Å². The molecule has 22 heavy (non-hydrogen) atoms. The van der Waals surface area contributed by atoms with E-state index in [1.807, 2.05) is 38.2 Å². The van der Waals surface area contributed by atoms with Crippen molar-refractivity contribution in [2.24, 2.45) is 5.92 Å². The Morgan fingerprint density at radius 3 is 3.00 bits per heavy atom. The Hall–Kier alpha value is -1.73. The smallest absolute Gasteiger partial charge is 0.230 e. The van der Waals surface area contributed by atoms with Gasteiger partial charge < -0.3 is 5.32 Å². The zero-order valence-corrected chi connectivity index (χ0v) is 14.6. The van der Waals surface area contributed by atoms with E-state index in [1.54, 1.807) is 10.9 Å². The number of aromatic nitrogens is 3. The molecule has 3 rings (SSSR count). The molecule has 0 unspecified atom stereocenters. The van der Waals surface area contributed by atoms with Gasteiger partial charge in [0.15, 0.2) is 5.13 Å². The van der Waals surface area contributed by atoms with Gasteiger partial charge >= 0.3 is 0 Å². The number of fused-ring (bicyclic) bond motifs is 1. The maximum atomic E-state index is 12.3. The molecule has 0 saturated carbocycles. The Balaban J connectivity index is 1.70. The fourth-order valence-electron chi connectivity index (χ4n) is 2.17. The van der Waals surface area contributed by atoms with Crippen LogP contribution in [-0.2, 0) is 11.3 Å². The van der Waals surface area contributed by atoms with Gasteiger partial charge in [0.05, 0.1) is 33.3 Å². The molecule has 1 amide bonds. The van der Waals surface area contributed by atoms with Crippen molar-refractivity contribution in [2.75, 3.05) is 5.32 Å². The third-order valence-electron chi connectivity index (χ3n) is 3.36. The molecular formula is C15H15BrN4OS. The van der Waals surface area contributed by atoms with Gasteiger partial charge in [0, 0.05) is 6.20 Å². The van der Waals surface area contributed by atoms with Crippen LogP contribution >= 0.6 is 27.3 Å². The standard InChI is InChI=1S/C15H15BrN4OS/c1-9-4-3-5-12-13(9)18-15(22-12)19-14(21)10(2)7-20-8-11(16)6-17-20/h3-6,8,10H,7H2,1-2H3,(H,18,19,21)/t10-/m0/s1. The molecule has 0 radical (unpaired) electrons. The average molecular weight is 379 g/mol. The first-order valence-corrected chi connectivity index (χ1v) is 8.49. The predicted molar refractivity (Wildman–Crippen MR) is 92.1 cm³/mol. The molecule has 0 fully saturated rings.